The maximum absolute atomic E-state index is 10.2. The van der Waals surface area contributed by atoms with Crippen LogP contribution in [0, 0.1) is 5.92 Å². The highest BCUT2D eigenvalue weighted by Gasteiger charge is 2.24. The van der Waals surface area contributed by atoms with Crippen molar-refractivity contribution >= 4 is 17.9 Å². The van der Waals surface area contributed by atoms with Gasteiger partial charge in [-0.1, -0.05) is 44.9 Å². The first-order chi connectivity index (χ1) is 9.83. The summed E-state index contributed by atoms with van der Waals surface area (Å²) in [7, 11) is 0. The third kappa shape index (κ3) is 5.40. The summed E-state index contributed by atoms with van der Waals surface area (Å²) in [5.74, 6) is 2.27. The van der Waals surface area contributed by atoms with E-state index in [0.29, 0.717) is 12.3 Å². The number of allylic oxidation sites excluding steroid dienone is 1. The van der Waals surface area contributed by atoms with Gasteiger partial charge in [0.25, 0.3) is 6.21 Å². The second-order valence-corrected chi connectivity index (χ2v) is 4.89. The van der Waals surface area contributed by atoms with E-state index < -0.39 is 0 Å². The van der Waals surface area contributed by atoms with Crippen molar-refractivity contribution in [3.05, 3.63) is 42.0 Å². The Bertz CT molecular complexity index is 485. The van der Waals surface area contributed by atoms with Crippen molar-refractivity contribution in [3.63, 3.8) is 0 Å². The van der Waals surface area contributed by atoms with Gasteiger partial charge in [-0.2, -0.15) is 0 Å². The van der Waals surface area contributed by atoms with Gasteiger partial charge >= 0.3 is 5.71 Å². The summed E-state index contributed by atoms with van der Waals surface area (Å²) in [6, 6.07) is 10.3. The van der Waals surface area contributed by atoms with Crippen LogP contribution >= 0.6 is 0 Å². The summed E-state index contributed by atoms with van der Waals surface area (Å²) in [6.07, 6.45) is 8.44. The van der Waals surface area contributed by atoms with Gasteiger partial charge in [0.1, 0.15) is 5.94 Å². The maximum atomic E-state index is 10.2. The van der Waals surface area contributed by atoms with E-state index in [-0.39, 0.29) is 0 Å². The summed E-state index contributed by atoms with van der Waals surface area (Å²) in [6.45, 7) is 4.42. The third-order valence-corrected chi connectivity index (χ3v) is 3.27. The molecule has 0 unspecified atom stereocenters. The molecule has 0 N–H and O–H groups in total. The average molecular weight is 270 g/mol. The molecule has 106 valence electrons. The minimum Gasteiger partial charge on any atom is -0.234 e. The molecule has 0 saturated heterocycles. The molecular weight excluding hydrogens is 246 g/mol. The lowest BCUT2D eigenvalue weighted by Crippen LogP contribution is -2.19. The number of rotatable bonds is 8. The molecular formula is C18H24NO+. The van der Waals surface area contributed by atoms with E-state index in [1.165, 1.54) is 11.6 Å². The van der Waals surface area contributed by atoms with Gasteiger partial charge in [-0.25, -0.2) is 4.79 Å². The Morgan fingerprint density at radius 1 is 1.20 bits per heavy atom. The van der Waals surface area contributed by atoms with Gasteiger partial charge in [0, 0.05) is 6.08 Å². The molecule has 1 rings (SSSR count). The summed E-state index contributed by atoms with van der Waals surface area (Å²) < 4.78 is 4.65. The molecule has 0 heterocycles. The van der Waals surface area contributed by atoms with Crippen LogP contribution < -0.4 is 4.67 Å². The molecule has 20 heavy (non-hydrogen) atoms. The minimum atomic E-state index is 0.490. The SMILES string of the molecule is CCCC(CCC)C(=[N+]=CCC=C=O)c1ccccc1. The summed E-state index contributed by atoms with van der Waals surface area (Å²) >= 11 is 0. The highest BCUT2D eigenvalue weighted by atomic mass is 16.1. The second-order valence-electron chi connectivity index (χ2n) is 4.89. The molecule has 0 spiro atoms. The van der Waals surface area contributed by atoms with Crippen molar-refractivity contribution in [2.24, 2.45) is 5.92 Å². The van der Waals surface area contributed by atoms with E-state index in [9.17, 15) is 4.79 Å². The van der Waals surface area contributed by atoms with Crippen molar-refractivity contribution < 1.29 is 4.79 Å². The van der Waals surface area contributed by atoms with E-state index in [0.717, 1.165) is 31.4 Å². The van der Waals surface area contributed by atoms with Crippen molar-refractivity contribution in [1.82, 2.24) is 4.67 Å². The van der Waals surface area contributed by atoms with Crippen LogP contribution in [0.3, 0.4) is 0 Å². The Kier molecular flexibility index (Phi) is 8.07. The van der Waals surface area contributed by atoms with E-state index >= 15 is 0 Å². The normalized spacial score (nSPS) is 9.75. The van der Waals surface area contributed by atoms with Crippen LogP contribution in [0.25, 0.3) is 0 Å². The molecule has 0 atom stereocenters. The molecule has 0 fully saturated rings. The fourth-order valence-corrected chi connectivity index (χ4v) is 2.39. The van der Waals surface area contributed by atoms with Crippen LogP contribution in [0.5, 0.6) is 0 Å². The molecule has 0 saturated carbocycles. The Balaban J connectivity index is 3.11. The molecule has 0 radical (unpaired) electrons. The van der Waals surface area contributed by atoms with E-state index in [2.05, 4.69) is 30.6 Å². The van der Waals surface area contributed by atoms with Crippen LogP contribution in [0.4, 0.5) is 0 Å². The highest BCUT2D eigenvalue weighted by molar-refractivity contribution is 6.02. The molecule has 2 heteroatoms. The third-order valence-electron chi connectivity index (χ3n) is 3.27. The molecule has 0 aliphatic rings. The smallest absolute Gasteiger partial charge is 0.234 e. The highest BCUT2D eigenvalue weighted by Crippen LogP contribution is 2.18. The van der Waals surface area contributed by atoms with Crippen LogP contribution in [-0.4, -0.2) is 17.9 Å². The predicted molar refractivity (Wildman–Crippen MR) is 86.9 cm³/mol. The zero-order valence-corrected chi connectivity index (χ0v) is 12.5. The van der Waals surface area contributed by atoms with Crippen LogP contribution in [0.2, 0.25) is 0 Å². The predicted octanol–water partition coefficient (Wildman–Crippen LogP) is 3.61. The Morgan fingerprint density at radius 3 is 2.40 bits per heavy atom. The summed E-state index contributed by atoms with van der Waals surface area (Å²) in [5, 5.41) is 0. The number of nitrogens with zero attached hydrogens (tertiary/aromatic N) is 1. The lowest BCUT2D eigenvalue weighted by Gasteiger charge is -2.09. The van der Waals surface area contributed by atoms with Crippen LogP contribution in [0.15, 0.2) is 36.4 Å². The number of carbonyl (C=O) groups excluding carboxylic acids is 1. The number of hydrogen-bond acceptors (Lipinski definition) is 1. The first kappa shape index (κ1) is 16.2. The monoisotopic (exact) mass is 270 g/mol. The summed E-state index contributed by atoms with van der Waals surface area (Å²) in [5.41, 5.74) is 2.33. The van der Waals surface area contributed by atoms with Gasteiger partial charge in [-0.15, -0.1) is 4.67 Å². The van der Waals surface area contributed by atoms with Crippen LogP contribution in [-0.2, 0) is 4.79 Å². The van der Waals surface area contributed by atoms with E-state index in [4.69, 9.17) is 0 Å². The lowest BCUT2D eigenvalue weighted by atomic mass is 9.89. The molecule has 2 nitrogen and oxygen atoms in total. The molecule has 0 aliphatic heterocycles. The minimum absolute atomic E-state index is 0.490. The standard InChI is InChI=1S/C18H24NO/c1-3-10-16(11-4-2)18(19-14-8-9-15-20)17-12-6-5-7-13-17/h5-7,9,12-14,16H,3-4,8,10-11H2,1-2H3/q+1. The van der Waals surface area contributed by atoms with Gasteiger partial charge in [0.15, 0.2) is 0 Å². The molecule has 0 aromatic heterocycles. The van der Waals surface area contributed by atoms with Gasteiger partial charge in [-0.05, 0) is 25.0 Å². The topological polar surface area (TPSA) is 31.2 Å². The molecule has 1 aromatic carbocycles. The van der Waals surface area contributed by atoms with Gasteiger partial charge in [0.2, 0.25) is 0 Å². The fraction of sp³-hybridized carbons (Fsp3) is 0.444. The number of benzene rings is 1. The quantitative estimate of drug-likeness (QED) is 0.403. The zero-order valence-electron chi connectivity index (χ0n) is 12.5. The Hall–Kier alpha value is -1.88. The zero-order chi connectivity index (χ0) is 14.6. The van der Waals surface area contributed by atoms with Crippen molar-refractivity contribution in [1.29, 1.82) is 0 Å². The maximum Gasteiger partial charge on any atom is 0.313 e. The summed E-state index contributed by atoms with van der Waals surface area (Å²) in [4.78, 5) is 10.2. The van der Waals surface area contributed by atoms with E-state index in [1.54, 1.807) is 5.94 Å². The molecule has 0 bridgehead atoms. The first-order valence-electron chi connectivity index (χ1n) is 7.47. The molecule has 1 aromatic rings. The molecule has 0 amide bonds. The largest absolute Gasteiger partial charge is 0.313 e. The van der Waals surface area contributed by atoms with Gasteiger partial charge in [0.05, 0.1) is 17.9 Å². The number of hydrogen-bond donors (Lipinski definition) is 0. The van der Waals surface area contributed by atoms with Crippen molar-refractivity contribution in [2.75, 3.05) is 0 Å². The Morgan fingerprint density at radius 2 is 1.85 bits per heavy atom. The fourth-order valence-electron chi connectivity index (χ4n) is 2.39. The van der Waals surface area contributed by atoms with E-state index in [1.807, 2.05) is 24.4 Å². The Labute approximate surface area is 122 Å². The van der Waals surface area contributed by atoms with Crippen molar-refractivity contribution in [3.8, 4) is 0 Å². The lowest BCUT2D eigenvalue weighted by molar-refractivity contribution is 0.559. The average Bonchev–Trinajstić information content (AvgIpc) is 2.48. The van der Waals surface area contributed by atoms with Gasteiger partial charge < -0.3 is 0 Å². The van der Waals surface area contributed by atoms with Crippen molar-refractivity contribution in [2.45, 2.75) is 46.0 Å². The second kappa shape index (κ2) is 9.97. The molecule has 0 aliphatic carbocycles. The first-order valence-corrected chi connectivity index (χ1v) is 7.47. The van der Waals surface area contributed by atoms with Gasteiger partial charge in [-0.3, -0.25) is 0 Å². The van der Waals surface area contributed by atoms with Crippen LogP contribution in [0.1, 0.15) is 51.5 Å².